The van der Waals surface area contributed by atoms with Gasteiger partial charge < -0.3 is 14.6 Å². The van der Waals surface area contributed by atoms with Gasteiger partial charge >= 0.3 is 5.97 Å². The lowest BCUT2D eigenvalue weighted by Gasteiger charge is -2.35. The third-order valence-corrected chi connectivity index (χ3v) is 5.29. The lowest BCUT2D eigenvalue weighted by Crippen LogP contribution is -2.43. The molecule has 0 aromatic carbocycles. The lowest BCUT2D eigenvalue weighted by molar-refractivity contribution is -0.145. The van der Waals surface area contributed by atoms with Crippen molar-refractivity contribution in [1.82, 2.24) is 19.7 Å². The highest BCUT2D eigenvalue weighted by Crippen LogP contribution is 2.33. The number of nitrogens with zero attached hydrogens (tertiary/aromatic N) is 4. The van der Waals surface area contributed by atoms with Crippen LogP contribution in [0.25, 0.3) is 0 Å². The van der Waals surface area contributed by atoms with E-state index in [-0.39, 0.29) is 17.7 Å². The molecule has 0 radical (unpaired) electrons. The van der Waals surface area contributed by atoms with E-state index in [2.05, 4.69) is 10.2 Å². The molecule has 3 rings (SSSR count). The molecule has 2 heterocycles. The summed E-state index contributed by atoms with van der Waals surface area (Å²) < 4.78 is 1.95. The zero-order chi connectivity index (χ0) is 16.4. The first kappa shape index (κ1) is 16.0. The molecule has 1 aliphatic heterocycles. The smallest absolute Gasteiger partial charge is 0.306 e. The highest BCUT2D eigenvalue weighted by molar-refractivity contribution is 5.80. The summed E-state index contributed by atoms with van der Waals surface area (Å²) in [6.45, 7) is 1.45. The second kappa shape index (κ2) is 6.68. The number of rotatable bonds is 3. The molecule has 7 heteroatoms. The van der Waals surface area contributed by atoms with Crippen LogP contribution in [-0.4, -0.2) is 49.7 Å². The summed E-state index contributed by atoms with van der Waals surface area (Å²) in [5, 5.41) is 17.3. The standard InChI is InChI=1S/C16H24N4O3/c1-19-10-17-18-14(19)11-5-7-20(8-6-11)15(21)12-3-2-4-13(9-12)16(22)23/h10-13H,2-9H2,1H3,(H,22,23). The molecule has 2 unspecified atom stereocenters. The van der Waals surface area contributed by atoms with E-state index in [9.17, 15) is 14.7 Å². The number of amides is 1. The zero-order valence-corrected chi connectivity index (χ0v) is 13.5. The van der Waals surface area contributed by atoms with Crippen LogP contribution >= 0.6 is 0 Å². The average molecular weight is 320 g/mol. The molecular formula is C16H24N4O3. The minimum atomic E-state index is -0.761. The van der Waals surface area contributed by atoms with E-state index in [0.717, 1.165) is 44.6 Å². The zero-order valence-electron chi connectivity index (χ0n) is 13.5. The predicted octanol–water partition coefficient (Wildman–Crippen LogP) is 1.41. The lowest BCUT2D eigenvalue weighted by atomic mass is 9.80. The molecular weight excluding hydrogens is 296 g/mol. The molecule has 1 aliphatic carbocycles. The van der Waals surface area contributed by atoms with E-state index in [0.29, 0.717) is 18.8 Å². The predicted molar refractivity (Wildman–Crippen MR) is 82.6 cm³/mol. The molecule has 23 heavy (non-hydrogen) atoms. The first-order chi connectivity index (χ1) is 11.1. The van der Waals surface area contributed by atoms with E-state index in [4.69, 9.17) is 0 Å². The van der Waals surface area contributed by atoms with Crippen LogP contribution < -0.4 is 0 Å². The number of aromatic nitrogens is 3. The van der Waals surface area contributed by atoms with Crippen molar-refractivity contribution in [3.63, 3.8) is 0 Å². The van der Waals surface area contributed by atoms with Crippen molar-refractivity contribution in [2.45, 2.75) is 44.4 Å². The highest BCUT2D eigenvalue weighted by atomic mass is 16.4. The van der Waals surface area contributed by atoms with Gasteiger partial charge in [0.15, 0.2) is 0 Å². The summed E-state index contributed by atoms with van der Waals surface area (Å²) in [6.07, 6.45) is 6.36. The molecule has 1 saturated carbocycles. The van der Waals surface area contributed by atoms with Gasteiger partial charge in [-0.2, -0.15) is 0 Å². The number of carbonyl (C=O) groups is 2. The number of aryl methyl sites for hydroxylation is 1. The van der Waals surface area contributed by atoms with Gasteiger partial charge in [-0.05, 0) is 32.1 Å². The minimum absolute atomic E-state index is 0.115. The van der Waals surface area contributed by atoms with Crippen LogP contribution in [0.2, 0.25) is 0 Å². The van der Waals surface area contributed by atoms with Crippen molar-refractivity contribution in [3.8, 4) is 0 Å². The van der Waals surface area contributed by atoms with Crippen LogP contribution in [0.1, 0.15) is 50.3 Å². The first-order valence-electron chi connectivity index (χ1n) is 8.41. The topological polar surface area (TPSA) is 88.3 Å². The van der Waals surface area contributed by atoms with Crippen molar-refractivity contribution in [2.75, 3.05) is 13.1 Å². The van der Waals surface area contributed by atoms with Gasteiger partial charge in [-0.1, -0.05) is 6.42 Å². The van der Waals surface area contributed by atoms with E-state index < -0.39 is 5.97 Å². The molecule has 1 saturated heterocycles. The summed E-state index contributed by atoms with van der Waals surface area (Å²) in [5.74, 6) is 0.256. The van der Waals surface area contributed by atoms with E-state index >= 15 is 0 Å². The number of hydrogen-bond donors (Lipinski definition) is 1. The summed E-state index contributed by atoms with van der Waals surface area (Å²) in [7, 11) is 1.95. The Labute approximate surface area is 135 Å². The fraction of sp³-hybridized carbons (Fsp3) is 0.750. The largest absolute Gasteiger partial charge is 0.481 e. The number of hydrogen-bond acceptors (Lipinski definition) is 4. The molecule has 2 atom stereocenters. The van der Waals surface area contributed by atoms with Crippen LogP contribution in [0.5, 0.6) is 0 Å². The Balaban J connectivity index is 1.56. The molecule has 2 fully saturated rings. The maximum Gasteiger partial charge on any atom is 0.306 e. The number of likely N-dealkylation sites (tertiary alicyclic amines) is 1. The highest BCUT2D eigenvalue weighted by Gasteiger charge is 2.35. The van der Waals surface area contributed by atoms with Gasteiger partial charge in [0.05, 0.1) is 5.92 Å². The Kier molecular flexibility index (Phi) is 4.63. The normalized spacial score (nSPS) is 26.2. The number of piperidine rings is 1. The van der Waals surface area contributed by atoms with Gasteiger partial charge in [0.1, 0.15) is 12.2 Å². The summed E-state index contributed by atoms with van der Waals surface area (Å²) in [5.41, 5.74) is 0. The Bertz CT molecular complexity index is 578. The second-order valence-corrected chi connectivity index (χ2v) is 6.80. The Hall–Kier alpha value is -1.92. The van der Waals surface area contributed by atoms with Gasteiger partial charge in [0.2, 0.25) is 5.91 Å². The average Bonchev–Trinajstić information content (AvgIpc) is 3.00. The summed E-state index contributed by atoms with van der Waals surface area (Å²) in [4.78, 5) is 25.8. The molecule has 0 spiro atoms. The Morgan fingerprint density at radius 1 is 1.17 bits per heavy atom. The second-order valence-electron chi connectivity index (χ2n) is 6.80. The van der Waals surface area contributed by atoms with Gasteiger partial charge in [0, 0.05) is 32.0 Å². The maximum atomic E-state index is 12.7. The number of carboxylic acid groups (broad SMARTS) is 1. The van der Waals surface area contributed by atoms with Crippen LogP contribution in [0.4, 0.5) is 0 Å². The molecule has 0 bridgehead atoms. The van der Waals surface area contributed by atoms with Gasteiger partial charge in [-0.3, -0.25) is 9.59 Å². The SMILES string of the molecule is Cn1cnnc1C1CCN(C(=O)C2CCCC(C(=O)O)C2)CC1. The van der Waals surface area contributed by atoms with Crippen molar-refractivity contribution in [1.29, 1.82) is 0 Å². The van der Waals surface area contributed by atoms with E-state index in [1.807, 2.05) is 16.5 Å². The van der Waals surface area contributed by atoms with Crippen molar-refractivity contribution < 1.29 is 14.7 Å². The van der Waals surface area contributed by atoms with Crippen molar-refractivity contribution in [2.24, 2.45) is 18.9 Å². The third kappa shape index (κ3) is 3.38. The maximum absolute atomic E-state index is 12.7. The van der Waals surface area contributed by atoms with Crippen LogP contribution in [0, 0.1) is 11.8 Å². The van der Waals surface area contributed by atoms with Crippen LogP contribution in [-0.2, 0) is 16.6 Å². The van der Waals surface area contributed by atoms with Gasteiger partial charge in [0.25, 0.3) is 0 Å². The Morgan fingerprint density at radius 2 is 1.87 bits per heavy atom. The number of carbonyl (C=O) groups excluding carboxylic acids is 1. The van der Waals surface area contributed by atoms with Crippen molar-refractivity contribution >= 4 is 11.9 Å². The molecule has 1 N–H and O–H groups in total. The van der Waals surface area contributed by atoms with E-state index in [1.165, 1.54) is 0 Å². The number of carboxylic acids is 1. The Morgan fingerprint density at radius 3 is 2.48 bits per heavy atom. The molecule has 1 aromatic heterocycles. The molecule has 7 nitrogen and oxygen atoms in total. The minimum Gasteiger partial charge on any atom is -0.481 e. The molecule has 1 aromatic rings. The van der Waals surface area contributed by atoms with Crippen molar-refractivity contribution in [3.05, 3.63) is 12.2 Å². The fourth-order valence-electron chi connectivity index (χ4n) is 3.92. The molecule has 126 valence electrons. The third-order valence-electron chi connectivity index (χ3n) is 5.29. The van der Waals surface area contributed by atoms with Gasteiger partial charge in [-0.15, -0.1) is 10.2 Å². The summed E-state index contributed by atoms with van der Waals surface area (Å²) >= 11 is 0. The van der Waals surface area contributed by atoms with Crippen LogP contribution in [0.15, 0.2) is 6.33 Å². The monoisotopic (exact) mass is 320 g/mol. The number of aliphatic carboxylic acids is 1. The first-order valence-corrected chi connectivity index (χ1v) is 8.41. The molecule has 1 amide bonds. The molecule has 2 aliphatic rings. The van der Waals surface area contributed by atoms with Crippen LogP contribution in [0.3, 0.4) is 0 Å². The quantitative estimate of drug-likeness (QED) is 0.910. The fourth-order valence-corrected chi connectivity index (χ4v) is 3.92. The van der Waals surface area contributed by atoms with E-state index in [1.54, 1.807) is 6.33 Å². The van der Waals surface area contributed by atoms with Gasteiger partial charge in [-0.25, -0.2) is 0 Å². The summed E-state index contributed by atoms with van der Waals surface area (Å²) in [6, 6.07) is 0.